The Morgan fingerprint density at radius 1 is 1.38 bits per heavy atom. The summed E-state index contributed by atoms with van der Waals surface area (Å²) in [6.45, 7) is 2.04. The first-order valence-corrected chi connectivity index (χ1v) is 5.63. The van der Waals surface area contributed by atoms with E-state index in [4.69, 9.17) is 5.73 Å². The molecule has 0 spiro atoms. The molecule has 2 aromatic heterocycles. The van der Waals surface area contributed by atoms with Crippen molar-refractivity contribution in [3.05, 3.63) is 45.7 Å². The fourth-order valence-electron chi connectivity index (χ4n) is 1.45. The van der Waals surface area contributed by atoms with Crippen LogP contribution in [0.25, 0.3) is 0 Å². The van der Waals surface area contributed by atoms with E-state index in [1.165, 1.54) is 11.1 Å². The zero-order chi connectivity index (χ0) is 11.5. The Morgan fingerprint density at radius 3 is 2.75 bits per heavy atom. The molecule has 16 heavy (non-hydrogen) atoms. The molecule has 2 heterocycles. The third-order valence-corrected chi connectivity index (χ3v) is 3.15. The maximum atomic E-state index is 11.1. The van der Waals surface area contributed by atoms with Crippen LogP contribution in [0, 0.1) is 6.92 Å². The second kappa shape index (κ2) is 4.40. The minimum absolute atomic E-state index is 0.258. The number of hydrogen-bond acceptors (Lipinski definition) is 4. The Morgan fingerprint density at radius 2 is 2.12 bits per heavy atom. The van der Waals surface area contributed by atoms with Crippen molar-refractivity contribution < 1.29 is 4.79 Å². The summed E-state index contributed by atoms with van der Waals surface area (Å²) in [4.78, 5) is 21.6. The van der Waals surface area contributed by atoms with Crippen LogP contribution in [-0.2, 0) is 6.42 Å². The van der Waals surface area contributed by atoms with E-state index in [2.05, 4.69) is 9.97 Å². The van der Waals surface area contributed by atoms with E-state index >= 15 is 0 Å². The molecule has 0 radical (unpaired) electrons. The van der Waals surface area contributed by atoms with Crippen LogP contribution in [0.5, 0.6) is 0 Å². The average molecular weight is 233 g/mol. The van der Waals surface area contributed by atoms with Crippen molar-refractivity contribution >= 4 is 17.2 Å². The largest absolute Gasteiger partial charge is 0.364 e. The molecule has 0 saturated heterocycles. The van der Waals surface area contributed by atoms with Crippen molar-refractivity contribution in [1.82, 2.24) is 9.97 Å². The summed E-state index contributed by atoms with van der Waals surface area (Å²) in [6, 6.07) is 4.07. The number of hydrogen-bond donors (Lipinski definition) is 1. The fraction of sp³-hybridized carbons (Fsp3) is 0.182. The molecule has 82 valence electrons. The fourth-order valence-corrected chi connectivity index (χ4v) is 2.34. The van der Waals surface area contributed by atoms with Crippen molar-refractivity contribution in [2.75, 3.05) is 0 Å². The average Bonchev–Trinajstić information content (AvgIpc) is 2.64. The number of nitrogens with zero attached hydrogens (tertiary/aromatic N) is 2. The zero-order valence-corrected chi connectivity index (χ0v) is 9.62. The van der Waals surface area contributed by atoms with Crippen LogP contribution in [0.15, 0.2) is 24.5 Å². The summed E-state index contributed by atoms with van der Waals surface area (Å²) >= 11 is 1.68. The maximum Gasteiger partial charge on any atom is 0.269 e. The van der Waals surface area contributed by atoms with E-state index in [-0.39, 0.29) is 5.69 Å². The lowest BCUT2D eigenvalue weighted by Crippen LogP contribution is -2.16. The van der Waals surface area contributed by atoms with Gasteiger partial charge in [0.15, 0.2) is 0 Å². The van der Waals surface area contributed by atoms with Crippen LogP contribution in [0.1, 0.15) is 25.9 Å². The van der Waals surface area contributed by atoms with Crippen molar-refractivity contribution in [3.8, 4) is 0 Å². The highest BCUT2D eigenvalue weighted by Gasteiger charge is 2.11. The predicted octanol–water partition coefficient (Wildman–Crippen LogP) is 1.54. The molecule has 4 nitrogen and oxygen atoms in total. The summed E-state index contributed by atoms with van der Waals surface area (Å²) in [7, 11) is 0. The van der Waals surface area contributed by atoms with Gasteiger partial charge in [-0.2, -0.15) is 0 Å². The molecule has 2 N–H and O–H groups in total. The summed E-state index contributed by atoms with van der Waals surface area (Å²) in [6.07, 6.45) is 3.65. The first kappa shape index (κ1) is 10.8. The van der Waals surface area contributed by atoms with Crippen LogP contribution in [0.4, 0.5) is 0 Å². The van der Waals surface area contributed by atoms with Crippen LogP contribution in [0.2, 0.25) is 0 Å². The molecule has 0 aromatic carbocycles. The molecule has 5 heteroatoms. The molecule has 0 bridgehead atoms. The van der Waals surface area contributed by atoms with Gasteiger partial charge in [-0.15, -0.1) is 11.3 Å². The van der Waals surface area contributed by atoms with Gasteiger partial charge in [0.25, 0.3) is 5.91 Å². The van der Waals surface area contributed by atoms with Gasteiger partial charge in [-0.25, -0.2) is 4.98 Å². The Balaban J connectivity index is 2.31. The number of nitrogens with two attached hydrogens (primary N) is 1. The third-order valence-electron chi connectivity index (χ3n) is 2.15. The summed E-state index contributed by atoms with van der Waals surface area (Å²) in [5.41, 5.74) is 6.13. The number of thiophene rings is 1. The highest BCUT2D eigenvalue weighted by molar-refractivity contribution is 7.11. The van der Waals surface area contributed by atoms with E-state index in [9.17, 15) is 4.79 Å². The number of carbonyl (C=O) groups is 1. The molecule has 0 saturated carbocycles. The Labute approximate surface area is 97.2 Å². The molecule has 0 unspecified atom stereocenters. The van der Waals surface area contributed by atoms with Crippen LogP contribution in [0.3, 0.4) is 0 Å². The number of aryl methyl sites for hydroxylation is 1. The van der Waals surface area contributed by atoms with Crippen molar-refractivity contribution in [1.29, 1.82) is 0 Å². The lowest BCUT2D eigenvalue weighted by atomic mass is 10.2. The maximum absolute atomic E-state index is 11.1. The predicted molar refractivity (Wildman–Crippen MR) is 62.4 cm³/mol. The van der Waals surface area contributed by atoms with Crippen molar-refractivity contribution in [3.63, 3.8) is 0 Å². The Bertz CT molecular complexity index is 521. The molecule has 1 amide bonds. The van der Waals surface area contributed by atoms with Crippen molar-refractivity contribution in [2.24, 2.45) is 5.73 Å². The van der Waals surface area contributed by atoms with Gasteiger partial charge in [0.2, 0.25) is 0 Å². The molecule has 0 fully saturated rings. The first-order valence-electron chi connectivity index (χ1n) is 4.82. The van der Waals surface area contributed by atoms with E-state index < -0.39 is 5.91 Å². The molecular weight excluding hydrogens is 222 g/mol. The lowest BCUT2D eigenvalue weighted by molar-refractivity contribution is 0.0994. The summed E-state index contributed by atoms with van der Waals surface area (Å²) in [5, 5.41) is 0. The van der Waals surface area contributed by atoms with Gasteiger partial charge in [-0.1, -0.05) is 0 Å². The first-order chi connectivity index (χ1) is 7.66. The van der Waals surface area contributed by atoms with Gasteiger partial charge in [0, 0.05) is 28.6 Å². The number of carbonyl (C=O) groups excluding carboxylic acids is 1. The van der Waals surface area contributed by atoms with E-state index in [0.29, 0.717) is 12.1 Å². The normalized spacial score (nSPS) is 10.3. The minimum Gasteiger partial charge on any atom is -0.364 e. The van der Waals surface area contributed by atoms with Gasteiger partial charge >= 0.3 is 0 Å². The van der Waals surface area contributed by atoms with Gasteiger partial charge in [-0.05, 0) is 19.1 Å². The quantitative estimate of drug-likeness (QED) is 0.874. The van der Waals surface area contributed by atoms with E-state index in [0.717, 1.165) is 4.88 Å². The molecule has 0 aliphatic heterocycles. The standard InChI is InChI=1S/C11H11N3OS/c1-7-2-3-8(16-7)6-9-10(11(12)15)14-5-4-13-9/h2-5H,6H2,1H3,(H2,12,15). The molecule has 2 aromatic rings. The zero-order valence-electron chi connectivity index (χ0n) is 8.80. The number of rotatable bonds is 3. The summed E-state index contributed by atoms with van der Waals surface area (Å²) in [5.74, 6) is -0.531. The minimum atomic E-state index is -0.531. The smallest absolute Gasteiger partial charge is 0.269 e. The monoisotopic (exact) mass is 233 g/mol. The van der Waals surface area contributed by atoms with Crippen LogP contribution in [-0.4, -0.2) is 15.9 Å². The Hall–Kier alpha value is -1.75. The molecular formula is C11H11N3OS. The Kier molecular flexibility index (Phi) is 2.96. The molecule has 2 rings (SSSR count). The van der Waals surface area contributed by atoms with Crippen LogP contribution >= 0.6 is 11.3 Å². The van der Waals surface area contributed by atoms with Gasteiger partial charge < -0.3 is 5.73 Å². The SMILES string of the molecule is Cc1ccc(Cc2nccnc2C(N)=O)s1. The highest BCUT2D eigenvalue weighted by Crippen LogP contribution is 2.18. The molecule has 0 aliphatic rings. The number of primary amides is 1. The summed E-state index contributed by atoms with van der Waals surface area (Å²) < 4.78 is 0. The molecule has 0 atom stereocenters. The number of aromatic nitrogens is 2. The van der Waals surface area contributed by atoms with Gasteiger partial charge in [0.1, 0.15) is 5.69 Å². The molecule has 0 aliphatic carbocycles. The van der Waals surface area contributed by atoms with Crippen molar-refractivity contribution in [2.45, 2.75) is 13.3 Å². The van der Waals surface area contributed by atoms with E-state index in [1.807, 2.05) is 19.1 Å². The topological polar surface area (TPSA) is 68.9 Å². The van der Waals surface area contributed by atoms with Crippen LogP contribution < -0.4 is 5.73 Å². The highest BCUT2D eigenvalue weighted by atomic mass is 32.1. The van der Waals surface area contributed by atoms with Gasteiger partial charge in [0.05, 0.1) is 5.69 Å². The second-order valence-corrected chi connectivity index (χ2v) is 4.78. The second-order valence-electron chi connectivity index (χ2n) is 3.41. The third kappa shape index (κ3) is 2.25. The van der Waals surface area contributed by atoms with E-state index in [1.54, 1.807) is 17.5 Å². The van der Waals surface area contributed by atoms with Gasteiger partial charge in [-0.3, -0.25) is 9.78 Å². The number of amides is 1. The lowest BCUT2D eigenvalue weighted by Gasteiger charge is -2.02.